The summed E-state index contributed by atoms with van der Waals surface area (Å²) < 4.78 is 23.9. The number of Topliss-reactive ketones (excluding diaryl/α,β-unsaturated/α-hetero) is 1. The Bertz CT molecular complexity index is 952. The molecule has 0 aliphatic carbocycles. The quantitative estimate of drug-likeness (QED) is 0.710. The van der Waals surface area contributed by atoms with E-state index < -0.39 is 11.9 Å². The highest BCUT2D eigenvalue weighted by Crippen LogP contribution is 2.34. The molecule has 0 atom stereocenters. The monoisotopic (exact) mass is 385 g/mol. The minimum Gasteiger partial charge on any atom is -0.484 e. The van der Waals surface area contributed by atoms with Crippen molar-refractivity contribution in [1.29, 1.82) is 0 Å². The van der Waals surface area contributed by atoms with Gasteiger partial charge in [0.2, 0.25) is 5.78 Å². The average molecular weight is 385 g/mol. The molecule has 3 rings (SSSR count). The zero-order valence-corrected chi connectivity index (χ0v) is 14.6. The molecule has 0 radical (unpaired) electrons. The Morgan fingerprint density at radius 1 is 1.18 bits per heavy atom. The van der Waals surface area contributed by atoms with Crippen LogP contribution in [0.5, 0.6) is 11.5 Å². The summed E-state index contributed by atoms with van der Waals surface area (Å²) in [6.45, 7) is -0.290. The van der Waals surface area contributed by atoms with Crippen molar-refractivity contribution in [2.45, 2.75) is 6.42 Å². The summed E-state index contributed by atoms with van der Waals surface area (Å²) >= 11 is 0. The summed E-state index contributed by atoms with van der Waals surface area (Å²) in [6, 6.07) is 10.2. The summed E-state index contributed by atoms with van der Waals surface area (Å²) in [5, 5.41) is 10.9. The summed E-state index contributed by atoms with van der Waals surface area (Å²) in [6.07, 6.45) is 1.34. The number of fused-ring (bicyclic) bond motifs is 1. The van der Waals surface area contributed by atoms with Crippen molar-refractivity contribution >= 4 is 23.7 Å². The molecule has 7 nitrogen and oxygen atoms in total. The molecule has 1 aliphatic rings. The number of halogens is 1. The average Bonchev–Trinajstić information content (AvgIpc) is 2.96. The minimum absolute atomic E-state index is 0.0108. The van der Waals surface area contributed by atoms with Crippen LogP contribution in [0.4, 0.5) is 4.39 Å². The molecule has 1 aliphatic heterocycles. The van der Waals surface area contributed by atoms with Gasteiger partial charge in [-0.2, -0.15) is 0 Å². The SMILES string of the molecule is O=C(O)CCNC(=O)COc1ccc2c(c1)OC(=Cc1ccc(F)cc1)C2=O. The van der Waals surface area contributed by atoms with E-state index >= 15 is 0 Å². The zero-order valence-electron chi connectivity index (χ0n) is 14.6. The predicted molar refractivity (Wildman–Crippen MR) is 96.5 cm³/mol. The Hall–Kier alpha value is -3.68. The van der Waals surface area contributed by atoms with E-state index in [1.54, 1.807) is 0 Å². The van der Waals surface area contributed by atoms with Crippen LogP contribution in [-0.4, -0.2) is 35.9 Å². The fourth-order valence-electron chi connectivity index (χ4n) is 2.48. The Labute approximate surface area is 159 Å². The van der Waals surface area contributed by atoms with E-state index in [1.807, 2.05) is 0 Å². The number of carbonyl (C=O) groups excluding carboxylic acids is 2. The van der Waals surface area contributed by atoms with Crippen LogP contribution in [0.15, 0.2) is 48.2 Å². The van der Waals surface area contributed by atoms with Crippen LogP contribution in [0.3, 0.4) is 0 Å². The number of amides is 1. The van der Waals surface area contributed by atoms with Crippen molar-refractivity contribution in [1.82, 2.24) is 5.32 Å². The summed E-state index contributed by atoms with van der Waals surface area (Å²) in [4.78, 5) is 34.4. The van der Waals surface area contributed by atoms with Gasteiger partial charge in [-0.1, -0.05) is 12.1 Å². The van der Waals surface area contributed by atoms with Gasteiger partial charge in [-0.25, -0.2) is 4.39 Å². The highest BCUT2D eigenvalue weighted by atomic mass is 19.1. The zero-order chi connectivity index (χ0) is 20.1. The molecular formula is C20H16FNO6. The van der Waals surface area contributed by atoms with Crippen LogP contribution in [-0.2, 0) is 9.59 Å². The van der Waals surface area contributed by atoms with Crippen molar-refractivity contribution < 1.29 is 33.4 Å². The molecule has 2 aromatic carbocycles. The number of carboxylic acid groups (broad SMARTS) is 1. The predicted octanol–water partition coefficient (Wildman–Crippen LogP) is 2.41. The molecule has 0 unspecified atom stereocenters. The second-order valence-corrected chi connectivity index (χ2v) is 5.93. The molecule has 0 fully saturated rings. The Kier molecular flexibility index (Phi) is 5.69. The van der Waals surface area contributed by atoms with E-state index in [4.69, 9.17) is 14.6 Å². The maximum absolute atomic E-state index is 13.0. The molecule has 2 N–H and O–H groups in total. The molecule has 0 saturated heterocycles. The minimum atomic E-state index is -1.01. The van der Waals surface area contributed by atoms with Gasteiger partial charge in [0.25, 0.3) is 5.91 Å². The Morgan fingerprint density at radius 3 is 2.64 bits per heavy atom. The lowest BCUT2D eigenvalue weighted by molar-refractivity contribution is -0.137. The van der Waals surface area contributed by atoms with Gasteiger partial charge in [-0.3, -0.25) is 14.4 Å². The van der Waals surface area contributed by atoms with Gasteiger partial charge in [0, 0.05) is 12.6 Å². The fourth-order valence-corrected chi connectivity index (χ4v) is 2.48. The summed E-state index contributed by atoms with van der Waals surface area (Å²) in [7, 11) is 0. The highest BCUT2D eigenvalue weighted by molar-refractivity contribution is 6.14. The fraction of sp³-hybridized carbons (Fsp3) is 0.150. The number of aliphatic carboxylic acids is 1. The van der Waals surface area contributed by atoms with Crippen molar-refractivity contribution in [2.75, 3.05) is 13.2 Å². The number of nitrogens with one attached hydrogen (secondary N) is 1. The third-order valence-electron chi connectivity index (χ3n) is 3.84. The molecule has 28 heavy (non-hydrogen) atoms. The summed E-state index contributed by atoms with van der Waals surface area (Å²) in [5.41, 5.74) is 0.971. The molecule has 8 heteroatoms. The number of allylic oxidation sites excluding steroid dienone is 1. The third-order valence-corrected chi connectivity index (χ3v) is 3.84. The number of carbonyl (C=O) groups is 3. The second-order valence-electron chi connectivity index (χ2n) is 5.93. The first-order valence-corrected chi connectivity index (χ1v) is 8.37. The van der Waals surface area contributed by atoms with E-state index in [0.717, 1.165) is 0 Å². The molecule has 0 spiro atoms. The second kappa shape index (κ2) is 8.34. The van der Waals surface area contributed by atoms with Crippen LogP contribution < -0.4 is 14.8 Å². The first-order chi connectivity index (χ1) is 13.4. The van der Waals surface area contributed by atoms with Gasteiger partial charge in [-0.15, -0.1) is 0 Å². The topological polar surface area (TPSA) is 102 Å². The Morgan fingerprint density at radius 2 is 1.93 bits per heavy atom. The smallest absolute Gasteiger partial charge is 0.305 e. The molecule has 1 heterocycles. The molecule has 2 aromatic rings. The number of benzene rings is 2. The largest absolute Gasteiger partial charge is 0.484 e. The van der Waals surface area contributed by atoms with Gasteiger partial charge in [0.1, 0.15) is 17.3 Å². The van der Waals surface area contributed by atoms with Gasteiger partial charge >= 0.3 is 5.97 Å². The summed E-state index contributed by atoms with van der Waals surface area (Å²) in [5.74, 6) is -1.44. The third kappa shape index (κ3) is 4.73. The first-order valence-electron chi connectivity index (χ1n) is 8.37. The molecule has 0 saturated carbocycles. The number of hydrogen-bond acceptors (Lipinski definition) is 5. The van der Waals surface area contributed by atoms with E-state index in [0.29, 0.717) is 22.6 Å². The number of ketones is 1. The highest BCUT2D eigenvalue weighted by Gasteiger charge is 2.27. The van der Waals surface area contributed by atoms with Gasteiger partial charge in [-0.05, 0) is 35.9 Å². The van der Waals surface area contributed by atoms with Crippen molar-refractivity contribution in [3.05, 3.63) is 65.2 Å². The van der Waals surface area contributed by atoms with E-state index in [2.05, 4.69) is 5.32 Å². The van der Waals surface area contributed by atoms with Crippen molar-refractivity contribution in [2.24, 2.45) is 0 Å². The number of ether oxygens (including phenoxy) is 2. The maximum atomic E-state index is 13.0. The van der Waals surface area contributed by atoms with Gasteiger partial charge in [0.15, 0.2) is 12.4 Å². The molecule has 144 valence electrons. The van der Waals surface area contributed by atoms with Crippen LogP contribution in [0.2, 0.25) is 0 Å². The lowest BCUT2D eigenvalue weighted by atomic mass is 10.1. The van der Waals surface area contributed by atoms with Crippen LogP contribution in [0, 0.1) is 5.82 Å². The van der Waals surface area contributed by atoms with E-state index in [-0.39, 0.29) is 36.9 Å². The number of rotatable bonds is 7. The van der Waals surface area contributed by atoms with Crippen LogP contribution in [0.25, 0.3) is 6.08 Å². The van der Waals surface area contributed by atoms with Gasteiger partial charge < -0.3 is 19.9 Å². The van der Waals surface area contributed by atoms with Crippen molar-refractivity contribution in [3.8, 4) is 11.5 Å². The van der Waals surface area contributed by atoms with E-state index in [1.165, 1.54) is 48.5 Å². The molecule has 1 amide bonds. The van der Waals surface area contributed by atoms with Crippen LogP contribution >= 0.6 is 0 Å². The number of hydrogen-bond donors (Lipinski definition) is 2. The molecular weight excluding hydrogens is 369 g/mol. The lowest BCUT2D eigenvalue weighted by Crippen LogP contribution is -2.30. The van der Waals surface area contributed by atoms with Gasteiger partial charge in [0.05, 0.1) is 12.0 Å². The first kappa shape index (κ1) is 19.1. The maximum Gasteiger partial charge on any atom is 0.305 e. The van der Waals surface area contributed by atoms with E-state index in [9.17, 15) is 18.8 Å². The normalized spacial score (nSPS) is 13.8. The molecule has 0 aromatic heterocycles. The Balaban J connectivity index is 1.62. The molecule has 0 bridgehead atoms. The lowest BCUT2D eigenvalue weighted by Gasteiger charge is -2.07. The standard InChI is InChI=1S/C20H16FNO6/c21-13-3-1-12(2-4-13)9-17-20(26)15-6-5-14(10-16(15)28-17)27-11-18(23)22-8-7-19(24)25/h1-6,9-10H,7-8,11H2,(H,22,23)(H,24,25). The number of carboxylic acids is 1. The van der Waals surface area contributed by atoms with Crippen molar-refractivity contribution in [3.63, 3.8) is 0 Å². The van der Waals surface area contributed by atoms with Crippen LogP contribution in [0.1, 0.15) is 22.3 Å².